The van der Waals surface area contributed by atoms with Crippen molar-refractivity contribution < 1.29 is 19.4 Å². The van der Waals surface area contributed by atoms with Crippen molar-refractivity contribution in [2.45, 2.75) is 13.0 Å². The van der Waals surface area contributed by atoms with Gasteiger partial charge in [0.1, 0.15) is 12.3 Å². The van der Waals surface area contributed by atoms with E-state index >= 15 is 0 Å². The summed E-state index contributed by atoms with van der Waals surface area (Å²) >= 11 is 0. The van der Waals surface area contributed by atoms with Crippen LogP contribution in [0.25, 0.3) is 0 Å². The van der Waals surface area contributed by atoms with Gasteiger partial charge in [-0.1, -0.05) is 0 Å². The van der Waals surface area contributed by atoms with Gasteiger partial charge in [-0.25, -0.2) is 0 Å². The molecule has 1 unspecified atom stereocenters. The molecule has 1 N–H and O–H groups in total. The smallest absolute Gasteiger partial charge is 0.323 e. The van der Waals surface area contributed by atoms with Crippen LogP contribution in [0.15, 0.2) is 24.5 Å². The van der Waals surface area contributed by atoms with Gasteiger partial charge >= 0.3 is 5.97 Å². The number of ether oxygens (including phenoxy) is 1. The second-order valence-electron chi connectivity index (χ2n) is 3.54. The van der Waals surface area contributed by atoms with E-state index in [1.807, 2.05) is 0 Å². The number of carbonyl (C=O) groups is 2. The molecule has 0 radical (unpaired) electrons. The maximum atomic E-state index is 11.7. The van der Waals surface area contributed by atoms with Gasteiger partial charge in [0.05, 0.1) is 6.20 Å². The number of hydrogen-bond donors (Lipinski definition) is 1. The number of pyridine rings is 1. The number of amides is 1. The highest BCUT2D eigenvalue weighted by atomic mass is 16.5. The van der Waals surface area contributed by atoms with Gasteiger partial charge in [-0.3, -0.25) is 14.6 Å². The number of rotatable bonds is 5. The van der Waals surface area contributed by atoms with Gasteiger partial charge in [-0.15, -0.1) is 0 Å². The summed E-state index contributed by atoms with van der Waals surface area (Å²) in [5, 5.41) is 8.56. The number of hydrogen-bond acceptors (Lipinski definition) is 4. The molecule has 0 fully saturated rings. The molecule has 92 valence electrons. The average Bonchev–Trinajstić information content (AvgIpc) is 2.28. The van der Waals surface area contributed by atoms with E-state index < -0.39 is 18.0 Å². The third-order valence-electron chi connectivity index (χ3n) is 2.04. The van der Waals surface area contributed by atoms with Gasteiger partial charge in [0.15, 0.2) is 6.10 Å². The Balaban J connectivity index is 2.55. The van der Waals surface area contributed by atoms with E-state index in [2.05, 4.69) is 4.98 Å². The van der Waals surface area contributed by atoms with Gasteiger partial charge in [0, 0.05) is 13.2 Å². The van der Waals surface area contributed by atoms with Crippen LogP contribution in [0.4, 0.5) is 0 Å². The normalized spacial score (nSPS) is 11.6. The Morgan fingerprint density at radius 1 is 1.59 bits per heavy atom. The second kappa shape index (κ2) is 5.83. The van der Waals surface area contributed by atoms with Crippen molar-refractivity contribution in [3.63, 3.8) is 0 Å². The lowest BCUT2D eigenvalue weighted by molar-refractivity contribution is -0.146. The zero-order valence-corrected chi connectivity index (χ0v) is 9.66. The molecule has 6 heteroatoms. The molecule has 0 aliphatic carbocycles. The molecule has 17 heavy (non-hydrogen) atoms. The first-order valence-electron chi connectivity index (χ1n) is 5.04. The minimum absolute atomic E-state index is 0.348. The summed E-state index contributed by atoms with van der Waals surface area (Å²) < 4.78 is 5.33. The largest absolute Gasteiger partial charge is 0.480 e. The quantitative estimate of drug-likeness (QED) is 0.802. The van der Waals surface area contributed by atoms with Crippen LogP contribution < -0.4 is 4.74 Å². The first kappa shape index (κ1) is 13.0. The number of carboxylic acids is 1. The predicted molar refractivity (Wildman–Crippen MR) is 59.6 cm³/mol. The second-order valence-corrected chi connectivity index (χ2v) is 3.54. The van der Waals surface area contributed by atoms with Crippen LogP contribution in [0, 0.1) is 0 Å². The fourth-order valence-electron chi connectivity index (χ4n) is 1.26. The number of aliphatic carboxylic acids is 1. The zero-order valence-electron chi connectivity index (χ0n) is 9.66. The number of aromatic nitrogens is 1. The van der Waals surface area contributed by atoms with Gasteiger partial charge in [-0.2, -0.15) is 0 Å². The van der Waals surface area contributed by atoms with E-state index in [0.29, 0.717) is 5.75 Å². The van der Waals surface area contributed by atoms with Crippen LogP contribution in [-0.2, 0) is 9.59 Å². The fraction of sp³-hybridized carbons (Fsp3) is 0.364. The van der Waals surface area contributed by atoms with Crippen LogP contribution in [-0.4, -0.2) is 46.6 Å². The van der Waals surface area contributed by atoms with Crippen LogP contribution >= 0.6 is 0 Å². The molecule has 1 heterocycles. The monoisotopic (exact) mass is 238 g/mol. The molecule has 1 aromatic rings. The van der Waals surface area contributed by atoms with Crippen molar-refractivity contribution in [3.05, 3.63) is 24.5 Å². The highest BCUT2D eigenvalue weighted by Gasteiger charge is 2.20. The van der Waals surface area contributed by atoms with Gasteiger partial charge in [0.25, 0.3) is 5.91 Å². The van der Waals surface area contributed by atoms with Crippen LogP contribution in [0.2, 0.25) is 0 Å². The van der Waals surface area contributed by atoms with E-state index in [1.54, 1.807) is 25.3 Å². The maximum Gasteiger partial charge on any atom is 0.323 e. The van der Waals surface area contributed by atoms with Crippen molar-refractivity contribution in [1.82, 2.24) is 9.88 Å². The maximum absolute atomic E-state index is 11.7. The summed E-state index contributed by atoms with van der Waals surface area (Å²) in [5.41, 5.74) is 0. The summed E-state index contributed by atoms with van der Waals surface area (Å²) in [6.07, 6.45) is 2.33. The van der Waals surface area contributed by atoms with Gasteiger partial charge < -0.3 is 14.7 Å². The zero-order chi connectivity index (χ0) is 12.8. The molecule has 1 rings (SSSR count). The lowest BCUT2D eigenvalue weighted by Gasteiger charge is -2.20. The molecule has 0 bridgehead atoms. The Bertz CT molecular complexity index is 394. The summed E-state index contributed by atoms with van der Waals surface area (Å²) in [5.74, 6) is -0.984. The van der Waals surface area contributed by atoms with Crippen molar-refractivity contribution in [1.29, 1.82) is 0 Å². The highest BCUT2D eigenvalue weighted by Crippen LogP contribution is 2.10. The minimum atomic E-state index is -1.06. The number of likely N-dealkylation sites (N-methyl/N-ethyl adjacent to an activating group) is 1. The molecule has 1 aromatic heterocycles. The van der Waals surface area contributed by atoms with Crippen molar-refractivity contribution >= 4 is 11.9 Å². The molecular formula is C11H14N2O4. The molecule has 0 saturated carbocycles. The van der Waals surface area contributed by atoms with E-state index in [9.17, 15) is 9.59 Å². The highest BCUT2D eigenvalue weighted by molar-refractivity contribution is 5.84. The molecule has 1 amide bonds. The first-order chi connectivity index (χ1) is 8.00. The standard InChI is InChI=1S/C11H14N2O4/c1-8(11(16)13(2)7-10(14)15)17-9-4-3-5-12-6-9/h3-6,8H,7H2,1-2H3,(H,14,15). The first-order valence-corrected chi connectivity index (χ1v) is 5.04. The number of carboxylic acid groups (broad SMARTS) is 1. The summed E-state index contributed by atoms with van der Waals surface area (Å²) in [6, 6.07) is 3.36. The van der Waals surface area contributed by atoms with Crippen LogP contribution in [0.5, 0.6) is 5.75 Å². The van der Waals surface area contributed by atoms with Crippen LogP contribution in [0.1, 0.15) is 6.92 Å². The molecule has 0 spiro atoms. The average molecular weight is 238 g/mol. The predicted octanol–water partition coefficient (Wildman–Crippen LogP) is 0.392. The third kappa shape index (κ3) is 4.10. The summed E-state index contributed by atoms with van der Waals surface area (Å²) in [7, 11) is 1.42. The topological polar surface area (TPSA) is 79.7 Å². The van der Waals surface area contributed by atoms with E-state index in [-0.39, 0.29) is 6.54 Å². The number of carbonyl (C=O) groups excluding carboxylic acids is 1. The van der Waals surface area contributed by atoms with Crippen molar-refractivity contribution in [2.24, 2.45) is 0 Å². The van der Waals surface area contributed by atoms with Crippen molar-refractivity contribution in [3.8, 4) is 5.75 Å². The summed E-state index contributed by atoms with van der Waals surface area (Å²) in [4.78, 5) is 27.1. The Morgan fingerprint density at radius 3 is 2.82 bits per heavy atom. The molecule has 1 atom stereocenters. The summed E-state index contributed by atoms with van der Waals surface area (Å²) in [6.45, 7) is 1.22. The van der Waals surface area contributed by atoms with Gasteiger partial charge in [0.2, 0.25) is 0 Å². The molecule has 0 aliphatic heterocycles. The van der Waals surface area contributed by atoms with Crippen LogP contribution in [0.3, 0.4) is 0 Å². The Labute approximate surface area is 98.8 Å². The minimum Gasteiger partial charge on any atom is -0.480 e. The van der Waals surface area contributed by atoms with E-state index in [1.165, 1.54) is 13.2 Å². The van der Waals surface area contributed by atoms with Gasteiger partial charge in [-0.05, 0) is 19.1 Å². The van der Waals surface area contributed by atoms with Crippen molar-refractivity contribution in [2.75, 3.05) is 13.6 Å². The van der Waals surface area contributed by atoms with E-state index in [4.69, 9.17) is 9.84 Å². The fourth-order valence-corrected chi connectivity index (χ4v) is 1.26. The lowest BCUT2D eigenvalue weighted by Crippen LogP contribution is -2.40. The lowest BCUT2D eigenvalue weighted by atomic mass is 10.3. The molecular weight excluding hydrogens is 224 g/mol. The Hall–Kier alpha value is -2.11. The molecule has 0 aliphatic rings. The van der Waals surface area contributed by atoms with E-state index in [0.717, 1.165) is 4.90 Å². The third-order valence-corrected chi connectivity index (χ3v) is 2.04. The molecule has 6 nitrogen and oxygen atoms in total. The SMILES string of the molecule is CC(Oc1cccnc1)C(=O)N(C)CC(=O)O. The number of nitrogens with zero attached hydrogens (tertiary/aromatic N) is 2. The Kier molecular flexibility index (Phi) is 4.45. The Morgan fingerprint density at radius 2 is 2.29 bits per heavy atom. The molecule has 0 saturated heterocycles. The molecule has 0 aromatic carbocycles.